The molecule has 1 fully saturated rings. The summed E-state index contributed by atoms with van der Waals surface area (Å²) in [5.41, 5.74) is 0.929. The first-order valence-corrected chi connectivity index (χ1v) is 12.2. The predicted octanol–water partition coefficient (Wildman–Crippen LogP) is 3.93. The molecular formula is C23H23ClN2O4S. The van der Waals surface area contributed by atoms with Crippen molar-refractivity contribution in [3.63, 3.8) is 0 Å². The normalized spacial score (nSPS) is 17.5. The number of hydrogen-bond acceptors (Lipinski definition) is 5. The van der Waals surface area contributed by atoms with E-state index >= 15 is 0 Å². The summed E-state index contributed by atoms with van der Waals surface area (Å²) < 4.78 is 29.2. The van der Waals surface area contributed by atoms with Gasteiger partial charge in [0.25, 0.3) is 0 Å². The number of nitrogens with zero attached hydrogens (tertiary/aromatic N) is 1. The minimum absolute atomic E-state index is 0.0164. The van der Waals surface area contributed by atoms with Crippen molar-refractivity contribution < 1.29 is 18.0 Å². The van der Waals surface area contributed by atoms with Gasteiger partial charge in [-0.3, -0.25) is 9.59 Å². The van der Waals surface area contributed by atoms with Gasteiger partial charge in [0, 0.05) is 35.8 Å². The Morgan fingerprint density at radius 3 is 2.06 bits per heavy atom. The van der Waals surface area contributed by atoms with Crippen molar-refractivity contribution in [1.29, 1.82) is 0 Å². The summed E-state index contributed by atoms with van der Waals surface area (Å²) in [5, 5.41) is 0.420. The molecule has 1 N–H and O–H groups in total. The first-order valence-electron chi connectivity index (χ1n) is 10.3. The van der Waals surface area contributed by atoms with Gasteiger partial charge in [-0.05, 0) is 24.5 Å². The maximum atomic E-state index is 13.4. The summed E-state index contributed by atoms with van der Waals surface area (Å²) >= 11 is 6.15. The lowest BCUT2D eigenvalue weighted by Crippen LogP contribution is -2.40. The third-order valence-corrected chi connectivity index (χ3v) is 7.46. The highest BCUT2D eigenvalue weighted by molar-refractivity contribution is 7.94. The highest BCUT2D eigenvalue weighted by Crippen LogP contribution is 2.32. The molecule has 0 aromatic heterocycles. The van der Waals surface area contributed by atoms with Crippen LogP contribution in [0.3, 0.4) is 0 Å². The van der Waals surface area contributed by atoms with E-state index in [1.807, 2.05) is 0 Å². The quantitative estimate of drug-likeness (QED) is 0.734. The van der Waals surface area contributed by atoms with Crippen LogP contribution in [0.15, 0.2) is 59.1 Å². The second-order valence-electron chi connectivity index (χ2n) is 7.70. The lowest BCUT2D eigenvalue weighted by atomic mass is 9.91. The Morgan fingerprint density at radius 2 is 1.42 bits per heavy atom. The molecule has 2 aliphatic rings. The molecule has 1 heterocycles. The number of Topliss-reactive ketones (excluding diaryl/α,β-unsaturated/α-hetero) is 2. The molecule has 2 aromatic rings. The largest absolute Gasteiger partial charge is 0.367 e. The fraction of sp³-hybridized carbons (Fsp3) is 0.304. The lowest BCUT2D eigenvalue weighted by Gasteiger charge is -2.30. The maximum absolute atomic E-state index is 13.4. The Balaban J connectivity index is 1.79. The molecule has 0 bridgehead atoms. The third kappa shape index (κ3) is 4.31. The van der Waals surface area contributed by atoms with E-state index in [4.69, 9.17) is 11.6 Å². The van der Waals surface area contributed by atoms with Crippen LogP contribution in [-0.2, 0) is 16.6 Å². The van der Waals surface area contributed by atoms with Crippen molar-refractivity contribution in [3.05, 3.63) is 80.8 Å². The summed E-state index contributed by atoms with van der Waals surface area (Å²) in [4.78, 5) is 28.0. The van der Waals surface area contributed by atoms with Crippen LogP contribution in [0, 0.1) is 0 Å². The van der Waals surface area contributed by atoms with E-state index in [0.29, 0.717) is 23.7 Å². The molecule has 4 rings (SSSR count). The van der Waals surface area contributed by atoms with Gasteiger partial charge >= 0.3 is 0 Å². The van der Waals surface area contributed by atoms with Gasteiger partial charge in [0.15, 0.2) is 4.91 Å². The van der Waals surface area contributed by atoms with Crippen LogP contribution in [0.5, 0.6) is 0 Å². The minimum Gasteiger partial charge on any atom is -0.367 e. The number of hydrogen-bond donors (Lipinski definition) is 1. The number of halogens is 1. The average molecular weight is 459 g/mol. The molecule has 0 radical (unpaired) electrons. The van der Waals surface area contributed by atoms with Crippen LogP contribution in [0.25, 0.3) is 0 Å². The van der Waals surface area contributed by atoms with E-state index in [1.54, 1.807) is 47.4 Å². The van der Waals surface area contributed by atoms with Crippen LogP contribution in [-0.4, -0.2) is 38.0 Å². The third-order valence-electron chi connectivity index (χ3n) is 5.65. The monoisotopic (exact) mass is 458 g/mol. The minimum atomic E-state index is -4.27. The van der Waals surface area contributed by atoms with Gasteiger partial charge in [-0.15, -0.1) is 0 Å². The smallest absolute Gasteiger partial charge is 0.247 e. The summed E-state index contributed by atoms with van der Waals surface area (Å²) in [6.45, 7) is 1.00. The van der Waals surface area contributed by atoms with Crippen LogP contribution in [0.2, 0.25) is 5.02 Å². The fourth-order valence-electron chi connectivity index (χ4n) is 4.06. The average Bonchev–Trinajstić information content (AvgIpc) is 3.05. The maximum Gasteiger partial charge on any atom is 0.247 e. The summed E-state index contributed by atoms with van der Waals surface area (Å²) in [5.74, 6) is -1.07. The Hall–Kier alpha value is -2.48. The van der Waals surface area contributed by atoms with E-state index < -0.39 is 26.5 Å². The zero-order valence-electron chi connectivity index (χ0n) is 16.9. The summed E-state index contributed by atoms with van der Waals surface area (Å²) in [6, 6.07) is 13.3. The Kier molecular flexibility index (Phi) is 6.27. The molecule has 8 heteroatoms. The standard InChI is InChI=1S/C23H23ClN2O4S/c24-19-12-6-3-9-16(19)15-25-31(29,30)23-20(26-13-7-1-2-8-14-26)21(27)17-10-4-5-11-18(17)22(23)28/h3-6,9-12,25H,1-2,7-8,13-15H2. The number of fused-ring (bicyclic) bond motifs is 1. The van der Waals surface area contributed by atoms with Gasteiger partial charge in [0.05, 0.1) is 0 Å². The summed E-state index contributed by atoms with van der Waals surface area (Å²) in [7, 11) is -4.27. The van der Waals surface area contributed by atoms with E-state index in [-0.39, 0.29) is 23.4 Å². The van der Waals surface area contributed by atoms with Crippen molar-refractivity contribution in [3.8, 4) is 0 Å². The number of nitrogens with one attached hydrogen (secondary N) is 1. The summed E-state index contributed by atoms with van der Waals surface area (Å²) in [6.07, 6.45) is 3.70. The molecule has 1 aliphatic carbocycles. The molecule has 1 aliphatic heterocycles. The lowest BCUT2D eigenvalue weighted by molar-refractivity contribution is 0.0947. The zero-order chi connectivity index (χ0) is 22.0. The van der Waals surface area contributed by atoms with E-state index in [1.165, 1.54) is 6.07 Å². The van der Waals surface area contributed by atoms with Gasteiger partial charge in [-0.2, -0.15) is 0 Å². The highest BCUT2D eigenvalue weighted by Gasteiger charge is 2.41. The molecule has 0 atom stereocenters. The first kappa shape index (κ1) is 21.7. The van der Waals surface area contributed by atoms with Crippen molar-refractivity contribution >= 4 is 33.2 Å². The van der Waals surface area contributed by atoms with Crippen molar-refractivity contribution in [2.45, 2.75) is 32.2 Å². The number of allylic oxidation sites excluding steroid dienone is 2. The van der Waals surface area contributed by atoms with Gasteiger partial charge in [0.2, 0.25) is 21.6 Å². The zero-order valence-corrected chi connectivity index (χ0v) is 18.5. The van der Waals surface area contributed by atoms with Crippen LogP contribution >= 0.6 is 11.6 Å². The number of rotatable bonds is 5. The highest BCUT2D eigenvalue weighted by atomic mass is 35.5. The number of carbonyl (C=O) groups excluding carboxylic acids is 2. The van der Waals surface area contributed by atoms with Gasteiger partial charge < -0.3 is 4.90 Å². The number of carbonyl (C=O) groups is 2. The van der Waals surface area contributed by atoms with Gasteiger partial charge in [-0.25, -0.2) is 13.1 Å². The Labute approximate surface area is 186 Å². The van der Waals surface area contributed by atoms with Crippen LogP contribution in [0.4, 0.5) is 0 Å². The number of likely N-dealkylation sites (tertiary alicyclic amines) is 1. The predicted molar refractivity (Wildman–Crippen MR) is 119 cm³/mol. The molecule has 0 unspecified atom stereocenters. The molecule has 2 aromatic carbocycles. The number of ketones is 2. The molecule has 6 nitrogen and oxygen atoms in total. The van der Waals surface area contributed by atoms with Crippen molar-refractivity contribution in [2.75, 3.05) is 13.1 Å². The van der Waals surface area contributed by atoms with Crippen molar-refractivity contribution in [2.24, 2.45) is 0 Å². The van der Waals surface area contributed by atoms with E-state index in [9.17, 15) is 18.0 Å². The molecule has 31 heavy (non-hydrogen) atoms. The first-order chi connectivity index (χ1) is 14.9. The molecule has 0 amide bonds. The van der Waals surface area contributed by atoms with Gasteiger partial charge in [-0.1, -0.05) is 66.9 Å². The molecule has 0 saturated carbocycles. The molecule has 0 spiro atoms. The number of benzene rings is 2. The molecule has 1 saturated heterocycles. The second kappa shape index (κ2) is 8.94. The van der Waals surface area contributed by atoms with E-state index in [2.05, 4.69) is 4.72 Å². The van der Waals surface area contributed by atoms with Crippen LogP contribution < -0.4 is 4.72 Å². The molecule has 162 valence electrons. The van der Waals surface area contributed by atoms with Crippen molar-refractivity contribution in [1.82, 2.24) is 9.62 Å². The topological polar surface area (TPSA) is 83.6 Å². The SMILES string of the molecule is O=C1C(N2CCCCCC2)=C(S(=O)(=O)NCc2ccccc2Cl)C(=O)c2ccccc21. The van der Waals surface area contributed by atoms with Gasteiger partial charge in [0.1, 0.15) is 5.70 Å². The fourth-order valence-corrected chi connectivity index (χ4v) is 5.58. The molecular weight excluding hydrogens is 436 g/mol. The Bertz CT molecular complexity index is 1170. The van der Waals surface area contributed by atoms with Crippen LogP contribution in [0.1, 0.15) is 52.0 Å². The Morgan fingerprint density at radius 1 is 0.839 bits per heavy atom. The van der Waals surface area contributed by atoms with E-state index in [0.717, 1.165) is 25.7 Å². The second-order valence-corrected chi connectivity index (χ2v) is 9.81. The number of sulfonamides is 1.